The van der Waals surface area contributed by atoms with Gasteiger partial charge in [0.25, 0.3) is 5.91 Å². The molecule has 12 heteroatoms. The summed E-state index contributed by atoms with van der Waals surface area (Å²) >= 11 is 0. The number of fused-ring (bicyclic) bond motifs is 2. The highest BCUT2D eigenvalue weighted by Gasteiger charge is 2.53. The molecule has 3 aromatic rings. The van der Waals surface area contributed by atoms with Crippen LogP contribution in [0.3, 0.4) is 0 Å². The maximum atomic E-state index is 14.6. The van der Waals surface area contributed by atoms with Crippen molar-refractivity contribution < 1.29 is 31.5 Å². The lowest BCUT2D eigenvalue weighted by molar-refractivity contribution is -0.140. The van der Waals surface area contributed by atoms with Crippen molar-refractivity contribution in [3.63, 3.8) is 0 Å². The molecule has 4 unspecified atom stereocenters. The molecule has 4 atom stereocenters. The second kappa shape index (κ2) is 8.03. The molecule has 1 amide bonds. The average molecular weight is 479 g/mol. The van der Waals surface area contributed by atoms with Crippen molar-refractivity contribution in [2.45, 2.75) is 44.1 Å². The van der Waals surface area contributed by atoms with Gasteiger partial charge in [0.15, 0.2) is 5.82 Å². The van der Waals surface area contributed by atoms with Crippen molar-refractivity contribution in [2.75, 3.05) is 0 Å². The Morgan fingerprint density at radius 2 is 1.82 bits per heavy atom. The van der Waals surface area contributed by atoms with E-state index in [-0.39, 0.29) is 29.1 Å². The fraction of sp³-hybridized carbons (Fsp3) is 0.364. The van der Waals surface area contributed by atoms with E-state index in [9.17, 15) is 26.7 Å². The van der Waals surface area contributed by atoms with Gasteiger partial charge in [-0.2, -0.15) is 32.7 Å². The number of aromatic nitrogens is 4. The number of carbonyl (C=O) groups is 1. The minimum atomic E-state index is -4.87. The molecule has 2 aromatic heterocycles. The van der Waals surface area contributed by atoms with E-state index in [2.05, 4.69) is 15.2 Å². The number of hydrogen-bond donors (Lipinski definition) is 0. The fourth-order valence-electron chi connectivity index (χ4n) is 4.90. The lowest BCUT2D eigenvalue weighted by atomic mass is 9.98. The Labute approximate surface area is 190 Å². The maximum absolute atomic E-state index is 14.6. The number of likely N-dealkylation sites (tertiary alicyclic amines) is 1. The highest BCUT2D eigenvalue weighted by atomic mass is 19.4. The van der Waals surface area contributed by atoms with Crippen LogP contribution in [0.2, 0.25) is 0 Å². The van der Waals surface area contributed by atoms with Gasteiger partial charge in [-0.15, -0.1) is 4.80 Å². The van der Waals surface area contributed by atoms with Crippen LogP contribution in [0.25, 0.3) is 5.69 Å². The van der Waals surface area contributed by atoms with Crippen LogP contribution in [0.15, 0.2) is 42.7 Å². The van der Waals surface area contributed by atoms with E-state index < -0.39 is 41.6 Å². The first-order valence-corrected chi connectivity index (χ1v) is 10.5. The third-order valence-corrected chi connectivity index (χ3v) is 6.46. The van der Waals surface area contributed by atoms with E-state index >= 15 is 0 Å². The zero-order valence-corrected chi connectivity index (χ0v) is 17.7. The SMILES string of the molecule is CC1C2CC(Oc3ccc(C(F)(F)F)c(F)n3)C(C2)N1C(=O)c1cccc(F)c1-n1nccn1. The number of nitrogens with zero attached hydrogens (tertiary/aromatic N) is 5. The number of alkyl halides is 3. The van der Waals surface area contributed by atoms with Crippen LogP contribution in [0.1, 0.15) is 35.7 Å². The molecule has 3 heterocycles. The molecule has 2 fully saturated rings. The van der Waals surface area contributed by atoms with Crippen LogP contribution in [0, 0.1) is 17.7 Å². The predicted octanol–water partition coefficient (Wildman–Crippen LogP) is 4.03. The van der Waals surface area contributed by atoms with Crippen LogP contribution in [0.5, 0.6) is 5.88 Å². The zero-order chi connectivity index (χ0) is 24.2. The van der Waals surface area contributed by atoms with E-state index in [1.807, 2.05) is 6.92 Å². The number of carbonyl (C=O) groups excluding carboxylic acids is 1. The monoisotopic (exact) mass is 479 g/mol. The molecule has 2 aliphatic rings. The van der Waals surface area contributed by atoms with Crippen molar-refractivity contribution >= 4 is 5.91 Å². The van der Waals surface area contributed by atoms with Gasteiger partial charge in [0.05, 0.1) is 24.0 Å². The van der Waals surface area contributed by atoms with Crippen molar-refractivity contribution in [3.8, 4) is 11.6 Å². The van der Waals surface area contributed by atoms with E-state index in [4.69, 9.17) is 4.74 Å². The Bertz CT molecular complexity index is 1230. The predicted molar refractivity (Wildman–Crippen MR) is 107 cm³/mol. The van der Waals surface area contributed by atoms with Gasteiger partial charge in [0, 0.05) is 12.1 Å². The lowest BCUT2D eigenvalue weighted by Gasteiger charge is -2.38. The van der Waals surface area contributed by atoms with Crippen molar-refractivity contribution in [2.24, 2.45) is 5.92 Å². The molecule has 1 aromatic carbocycles. The number of halogens is 5. The number of rotatable bonds is 4. The van der Waals surface area contributed by atoms with Crippen LogP contribution < -0.4 is 4.74 Å². The molecule has 1 saturated carbocycles. The van der Waals surface area contributed by atoms with Crippen molar-refractivity contribution in [1.29, 1.82) is 0 Å². The maximum Gasteiger partial charge on any atom is 0.420 e. The summed E-state index contributed by atoms with van der Waals surface area (Å²) in [5.41, 5.74) is -1.51. The molecule has 7 nitrogen and oxygen atoms in total. The zero-order valence-electron chi connectivity index (χ0n) is 17.7. The Kier molecular flexibility index (Phi) is 5.25. The van der Waals surface area contributed by atoms with Crippen LogP contribution in [0.4, 0.5) is 22.0 Å². The van der Waals surface area contributed by atoms with Gasteiger partial charge in [0.1, 0.15) is 17.4 Å². The number of benzene rings is 1. The first-order chi connectivity index (χ1) is 16.1. The number of pyridine rings is 1. The molecule has 5 rings (SSSR count). The van der Waals surface area contributed by atoms with Crippen molar-refractivity contribution in [1.82, 2.24) is 24.9 Å². The molecule has 0 radical (unpaired) electrons. The summed E-state index contributed by atoms with van der Waals surface area (Å²) in [7, 11) is 0. The summed E-state index contributed by atoms with van der Waals surface area (Å²) in [5, 5.41) is 7.87. The standard InChI is InChI=1S/C22H18F5N5O2/c1-11-12-9-16(17(10-12)34-18-6-5-14(20(24)30-18)22(25,26)27)31(11)21(33)13-3-2-4-15(23)19(13)32-28-7-8-29-32/h2-8,11-12,16-17H,9-10H2,1H3. The van der Waals surface area contributed by atoms with Crippen molar-refractivity contribution in [3.05, 3.63) is 65.6 Å². The summed E-state index contributed by atoms with van der Waals surface area (Å²) in [5.74, 6) is -3.04. The topological polar surface area (TPSA) is 73.1 Å². The molecule has 178 valence electrons. The fourth-order valence-corrected chi connectivity index (χ4v) is 4.90. The average Bonchev–Trinajstić information content (AvgIpc) is 3.49. The number of para-hydroxylation sites is 1. The largest absolute Gasteiger partial charge is 0.472 e. The molecule has 34 heavy (non-hydrogen) atoms. The lowest BCUT2D eigenvalue weighted by Crippen LogP contribution is -2.51. The summed E-state index contributed by atoms with van der Waals surface area (Å²) < 4.78 is 72.7. The summed E-state index contributed by atoms with van der Waals surface area (Å²) in [6, 6.07) is 5.00. The molecular formula is C22H18F5N5O2. The van der Waals surface area contributed by atoms with Gasteiger partial charge in [0.2, 0.25) is 11.8 Å². The van der Waals surface area contributed by atoms with E-state index in [1.165, 1.54) is 30.6 Å². The summed E-state index contributed by atoms with van der Waals surface area (Å²) in [4.78, 5) is 19.5. The molecule has 1 aliphatic carbocycles. The third kappa shape index (κ3) is 3.66. The summed E-state index contributed by atoms with van der Waals surface area (Å²) in [6.07, 6.45) is -1.63. The van der Waals surface area contributed by atoms with Crippen LogP contribution in [-0.4, -0.2) is 49.0 Å². The second-order valence-electron chi connectivity index (χ2n) is 8.35. The van der Waals surface area contributed by atoms with Gasteiger partial charge in [-0.05, 0) is 43.9 Å². The van der Waals surface area contributed by atoms with E-state index in [0.29, 0.717) is 18.9 Å². The quantitative estimate of drug-likeness (QED) is 0.418. The minimum Gasteiger partial charge on any atom is -0.472 e. The molecule has 1 aliphatic heterocycles. The van der Waals surface area contributed by atoms with Gasteiger partial charge in [-0.25, -0.2) is 4.39 Å². The van der Waals surface area contributed by atoms with Gasteiger partial charge >= 0.3 is 6.18 Å². The van der Waals surface area contributed by atoms with Gasteiger partial charge in [-0.3, -0.25) is 4.79 Å². The number of amides is 1. The Morgan fingerprint density at radius 3 is 2.47 bits per heavy atom. The molecule has 1 saturated heterocycles. The second-order valence-corrected chi connectivity index (χ2v) is 8.35. The number of piperidine rings is 1. The Morgan fingerprint density at radius 1 is 1.09 bits per heavy atom. The number of hydrogen-bond acceptors (Lipinski definition) is 5. The third-order valence-electron chi connectivity index (χ3n) is 6.46. The molecule has 0 spiro atoms. The Hall–Kier alpha value is -3.57. The Balaban J connectivity index is 1.42. The normalized spacial score (nSPS) is 24.0. The number of ether oxygens (including phenoxy) is 1. The highest BCUT2D eigenvalue weighted by molar-refractivity contribution is 5.98. The molecular weight excluding hydrogens is 461 g/mol. The summed E-state index contributed by atoms with van der Waals surface area (Å²) in [6.45, 7) is 1.87. The van der Waals surface area contributed by atoms with Crippen LogP contribution in [-0.2, 0) is 6.18 Å². The van der Waals surface area contributed by atoms with Gasteiger partial charge < -0.3 is 9.64 Å². The van der Waals surface area contributed by atoms with E-state index in [1.54, 1.807) is 4.90 Å². The highest BCUT2D eigenvalue weighted by Crippen LogP contribution is 2.45. The van der Waals surface area contributed by atoms with E-state index in [0.717, 1.165) is 10.9 Å². The molecule has 0 N–H and O–H groups in total. The van der Waals surface area contributed by atoms with Crippen LogP contribution >= 0.6 is 0 Å². The minimum absolute atomic E-state index is 0.0538. The van der Waals surface area contributed by atoms with Gasteiger partial charge in [-0.1, -0.05) is 6.07 Å². The first-order valence-electron chi connectivity index (χ1n) is 10.5. The first kappa shape index (κ1) is 22.2. The molecule has 2 bridgehead atoms. The smallest absolute Gasteiger partial charge is 0.420 e.